The van der Waals surface area contributed by atoms with Crippen LogP contribution in [0.1, 0.15) is 11.3 Å². The van der Waals surface area contributed by atoms with Crippen molar-refractivity contribution in [2.45, 2.75) is 13.5 Å². The standard InChI is InChI=1S/C11H10BrClFN3/c1-6-10(12)11(15)17(16-6)5-7-2-8(13)4-9(14)3-7/h2-4H,5,15H2,1H3. The molecule has 2 rings (SSSR count). The first-order valence-electron chi connectivity index (χ1n) is 4.90. The average molecular weight is 319 g/mol. The Labute approximate surface area is 112 Å². The van der Waals surface area contributed by atoms with E-state index in [4.69, 9.17) is 17.3 Å². The first-order valence-corrected chi connectivity index (χ1v) is 6.08. The van der Waals surface area contributed by atoms with Crippen LogP contribution in [0.5, 0.6) is 0 Å². The maximum Gasteiger partial charge on any atom is 0.136 e. The minimum atomic E-state index is -0.367. The maximum absolute atomic E-state index is 13.2. The van der Waals surface area contributed by atoms with Crippen LogP contribution in [-0.4, -0.2) is 9.78 Å². The van der Waals surface area contributed by atoms with E-state index >= 15 is 0 Å². The predicted octanol–water partition coefficient (Wildman–Crippen LogP) is 3.38. The highest BCUT2D eigenvalue weighted by Gasteiger charge is 2.10. The Bertz CT molecular complexity index is 548. The lowest BCUT2D eigenvalue weighted by molar-refractivity contribution is 0.620. The minimum absolute atomic E-state index is 0.363. The second-order valence-corrected chi connectivity index (χ2v) is 4.95. The van der Waals surface area contributed by atoms with Gasteiger partial charge in [-0.05, 0) is 46.6 Å². The number of benzene rings is 1. The summed E-state index contributed by atoms with van der Waals surface area (Å²) in [5.41, 5.74) is 7.37. The summed E-state index contributed by atoms with van der Waals surface area (Å²) in [6.45, 7) is 2.23. The number of nitrogens with zero attached hydrogens (tertiary/aromatic N) is 2. The van der Waals surface area contributed by atoms with E-state index in [1.807, 2.05) is 6.92 Å². The maximum atomic E-state index is 13.2. The largest absolute Gasteiger partial charge is 0.383 e. The third-order valence-electron chi connectivity index (χ3n) is 2.35. The lowest BCUT2D eigenvalue weighted by Crippen LogP contribution is -2.06. The van der Waals surface area contributed by atoms with Crippen LogP contribution in [0.25, 0.3) is 0 Å². The van der Waals surface area contributed by atoms with E-state index in [9.17, 15) is 4.39 Å². The zero-order valence-corrected chi connectivity index (χ0v) is 11.4. The molecule has 0 amide bonds. The molecule has 1 heterocycles. The normalized spacial score (nSPS) is 10.8. The quantitative estimate of drug-likeness (QED) is 0.922. The lowest BCUT2D eigenvalue weighted by Gasteiger charge is -2.05. The van der Waals surface area contributed by atoms with Gasteiger partial charge < -0.3 is 5.73 Å². The molecule has 0 radical (unpaired) electrons. The van der Waals surface area contributed by atoms with Crippen LogP contribution in [0.15, 0.2) is 22.7 Å². The molecule has 90 valence electrons. The summed E-state index contributed by atoms with van der Waals surface area (Å²) in [5, 5.41) is 4.61. The van der Waals surface area contributed by atoms with Crippen molar-refractivity contribution in [3.63, 3.8) is 0 Å². The Balaban J connectivity index is 2.34. The fraction of sp³-hybridized carbons (Fsp3) is 0.182. The number of hydrogen-bond donors (Lipinski definition) is 1. The number of nitrogen functional groups attached to an aromatic ring is 1. The third-order valence-corrected chi connectivity index (χ3v) is 3.54. The number of halogens is 3. The van der Waals surface area contributed by atoms with Crippen molar-refractivity contribution in [3.8, 4) is 0 Å². The summed E-state index contributed by atoms with van der Waals surface area (Å²) in [7, 11) is 0. The molecule has 0 spiro atoms. The van der Waals surface area contributed by atoms with Gasteiger partial charge in [-0.3, -0.25) is 0 Å². The summed E-state index contributed by atoms with van der Waals surface area (Å²) >= 11 is 9.12. The zero-order valence-electron chi connectivity index (χ0n) is 9.04. The number of aryl methyl sites for hydroxylation is 1. The van der Waals surface area contributed by atoms with Crippen LogP contribution in [0.3, 0.4) is 0 Å². The first kappa shape index (κ1) is 12.4. The molecule has 1 aromatic carbocycles. The SMILES string of the molecule is Cc1nn(Cc2cc(F)cc(Cl)c2)c(N)c1Br. The van der Waals surface area contributed by atoms with Crippen LogP contribution in [0, 0.1) is 12.7 Å². The molecular weight excluding hydrogens is 308 g/mol. The Morgan fingerprint density at radius 3 is 2.71 bits per heavy atom. The van der Waals surface area contributed by atoms with E-state index in [0.29, 0.717) is 17.4 Å². The van der Waals surface area contributed by atoms with E-state index in [0.717, 1.165) is 15.7 Å². The van der Waals surface area contributed by atoms with Gasteiger partial charge in [0.2, 0.25) is 0 Å². The van der Waals surface area contributed by atoms with E-state index in [1.54, 1.807) is 10.7 Å². The van der Waals surface area contributed by atoms with Crippen molar-refractivity contribution in [2.75, 3.05) is 5.73 Å². The number of nitrogens with two attached hydrogens (primary N) is 1. The van der Waals surface area contributed by atoms with E-state index in [1.165, 1.54) is 12.1 Å². The van der Waals surface area contributed by atoms with Crippen molar-refractivity contribution in [2.24, 2.45) is 0 Å². The first-order chi connectivity index (χ1) is 7.97. The third kappa shape index (κ3) is 2.61. The number of hydrogen-bond acceptors (Lipinski definition) is 2. The van der Waals surface area contributed by atoms with Gasteiger partial charge in [0.05, 0.1) is 16.7 Å². The molecule has 0 unspecified atom stereocenters. The summed E-state index contributed by atoms with van der Waals surface area (Å²) in [6.07, 6.45) is 0. The van der Waals surface area contributed by atoms with Crippen LogP contribution >= 0.6 is 27.5 Å². The summed E-state index contributed by atoms with van der Waals surface area (Å²) in [6, 6.07) is 4.36. The lowest BCUT2D eigenvalue weighted by atomic mass is 10.2. The average Bonchev–Trinajstić information content (AvgIpc) is 2.45. The van der Waals surface area contributed by atoms with Crippen LogP contribution < -0.4 is 5.73 Å². The monoisotopic (exact) mass is 317 g/mol. The van der Waals surface area contributed by atoms with E-state index in [2.05, 4.69) is 21.0 Å². The molecule has 0 aliphatic rings. The van der Waals surface area contributed by atoms with Crippen molar-refractivity contribution in [1.82, 2.24) is 9.78 Å². The fourth-order valence-electron chi connectivity index (χ4n) is 1.57. The Morgan fingerprint density at radius 2 is 2.18 bits per heavy atom. The summed E-state index contributed by atoms with van der Waals surface area (Å²) in [4.78, 5) is 0. The Hall–Kier alpha value is -1.07. The molecule has 0 fully saturated rings. The van der Waals surface area contributed by atoms with Gasteiger partial charge in [0, 0.05) is 5.02 Å². The molecule has 0 aliphatic carbocycles. The van der Waals surface area contributed by atoms with Gasteiger partial charge in [-0.25, -0.2) is 9.07 Å². The van der Waals surface area contributed by atoms with Crippen LogP contribution in [0.4, 0.5) is 10.2 Å². The van der Waals surface area contributed by atoms with Crippen molar-refractivity contribution in [1.29, 1.82) is 0 Å². The second-order valence-electron chi connectivity index (χ2n) is 3.72. The van der Waals surface area contributed by atoms with E-state index < -0.39 is 0 Å². The van der Waals surface area contributed by atoms with Crippen LogP contribution in [0.2, 0.25) is 5.02 Å². The highest BCUT2D eigenvalue weighted by molar-refractivity contribution is 9.10. The molecule has 2 N–H and O–H groups in total. The van der Waals surface area contributed by atoms with Gasteiger partial charge in [-0.2, -0.15) is 5.10 Å². The molecule has 0 saturated heterocycles. The van der Waals surface area contributed by atoms with Gasteiger partial charge in [-0.15, -0.1) is 0 Å². The molecule has 2 aromatic rings. The molecule has 0 aliphatic heterocycles. The molecule has 1 aromatic heterocycles. The molecule has 17 heavy (non-hydrogen) atoms. The Kier molecular flexibility index (Phi) is 3.40. The molecule has 0 atom stereocenters. The molecule has 3 nitrogen and oxygen atoms in total. The minimum Gasteiger partial charge on any atom is -0.383 e. The highest BCUT2D eigenvalue weighted by Crippen LogP contribution is 2.24. The van der Waals surface area contributed by atoms with Gasteiger partial charge in [0.25, 0.3) is 0 Å². The molecule has 6 heteroatoms. The second kappa shape index (κ2) is 4.66. The molecular formula is C11H10BrClFN3. The summed E-state index contributed by atoms with van der Waals surface area (Å²) in [5.74, 6) is 0.150. The zero-order chi connectivity index (χ0) is 12.6. The number of rotatable bonds is 2. The van der Waals surface area contributed by atoms with Gasteiger partial charge in [0.1, 0.15) is 11.6 Å². The van der Waals surface area contributed by atoms with Crippen molar-refractivity contribution < 1.29 is 4.39 Å². The van der Waals surface area contributed by atoms with E-state index in [-0.39, 0.29) is 5.82 Å². The number of anilines is 1. The fourth-order valence-corrected chi connectivity index (χ4v) is 2.10. The van der Waals surface area contributed by atoms with Gasteiger partial charge >= 0.3 is 0 Å². The van der Waals surface area contributed by atoms with Gasteiger partial charge in [0.15, 0.2) is 0 Å². The van der Waals surface area contributed by atoms with Gasteiger partial charge in [-0.1, -0.05) is 11.6 Å². The molecule has 0 bridgehead atoms. The Morgan fingerprint density at radius 1 is 1.47 bits per heavy atom. The van der Waals surface area contributed by atoms with Crippen molar-refractivity contribution in [3.05, 3.63) is 44.8 Å². The van der Waals surface area contributed by atoms with Crippen molar-refractivity contribution >= 4 is 33.3 Å². The smallest absolute Gasteiger partial charge is 0.136 e. The summed E-state index contributed by atoms with van der Waals surface area (Å²) < 4.78 is 15.5. The highest BCUT2D eigenvalue weighted by atomic mass is 79.9. The van der Waals surface area contributed by atoms with Crippen LogP contribution in [-0.2, 0) is 6.54 Å². The molecule has 0 saturated carbocycles. The number of aromatic nitrogens is 2. The topological polar surface area (TPSA) is 43.8 Å². The predicted molar refractivity (Wildman–Crippen MR) is 69.6 cm³/mol.